The van der Waals surface area contributed by atoms with E-state index in [2.05, 4.69) is 5.32 Å². The van der Waals surface area contributed by atoms with Crippen molar-refractivity contribution in [2.24, 2.45) is 0 Å². The fourth-order valence-electron chi connectivity index (χ4n) is 1.52. The molecule has 0 radical (unpaired) electrons. The Morgan fingerprint density at radius 1 is 1.45 bits per heavy atom. The number of ether oxygens (including phenoxy) is 1. The quantitative estimate of drug-likeness (QED) is 0.637. The Balaban J connectivity index is 2.64. The second-order valence-corrected chi connectivity index (χ2v) is 4.02. The minimum absolute atomic E-state index is 0.0337. The van der Waals surface area contributed by atoms with Gasteiger partial charge in [0.2, 0.25) is 5.91 Å². The van der Waals surface area contributed by atoms with Crippen LogP contribution < -0.4 is 10.1 Å². The number of hydrogen-bond acceptors (Lipinski definition) is 4. The molecule has 0 saturated carbocycles. The first-order chi connectivity index (χ1) is 9.56. The van der Waals surface area contributed by atoms with Gasteiger partial charge in [-0.05, 0) is 23.8 Å². The number of methoxy groups -OCH3 is 1. The molecule has 6 heteroatoms. The van der Waals surface area contributed by atoms with E-state index in [0.29, 0.717) is 5.75 Å². The molecular weight excluding hydrogens is 262 g/mol. The average molecular weight is 279 g/mol. The SMILES string of the molecule is COc1cccc(/C=C/C(=O)N[C@@H](CCO)C(=O)O)c1. The van der Waals surface area contributed by atoms with Gasteiger partial charge in [0.15, 0.2) is 0 Å². The van der Waals surface area contributed by atoms with Crippen LogP contribution in [0.25, 0.3) is 6.08 Å². The van der Waals surface area contributed by atoms with Crippen LogP contribution in [0.1, 0.15) is 12.0 Å². The van der Waals surface area contributed by atoms with E-state index in [9.17, 15) is 9.59 Å². The predicted octanol–water partition coefficient (Wildman–Crippen LogP) is 0.660. The van der Waals surface area contributed by atoms with Crippen molar-refractivity contribution in [1.29, 1.82) is 0 Å². The molecule has 0 aromatic heterocycles. The summed E-state index contributed by atoms with van der Waals surface area (Å²) in [7, 11) is 1.54. The second-order valence-electron chi connectivity index (χ2n) is 4.02. The normalized spacial score (nSPS) is 12.1. The van der Waals surface area contributed by atoms with Gasteiger partial charge in [0.25, 0.3) is 0 Å². The number of rotatable bonds is 7. The monoisotopic (exact) mass is 279 g/mol. The molecule has 0 heterocycles. The zero-order valence-corrected chi connectivity index (χ0v) is 11.1. The van der Waals surface area contributed by atoms with Crippen LogP contribution in [0.3, 0.4) is 0 Å². The lowest BCUT2D eigenvalue weighted by Gasteiger charge is -2.11. The molecular formula is C14H17NO5. The first-order valence-electron chi connectivity index (χ1n) is 6.03. The molecule has 0 unspecified atom stereocenters. The maximum absolute atomic E-state index is 11.6. The van der Waals surface area contributed by atoms with E-state index < -0.39 is 17.9 Å². The lowest BCUT2D eigenvalue weighted by molar-refractivity contribution is -0.141. The van der Waals surface area contributed by atoms with Gasteiger partial charge in [0.1, 0.15) is 11.8 Å². The van der Waals surface area contributed by atoms with Crippen molar-refractivity contribution in [3.8, 4) is 5.75 Å². The highest BCUT2D eigenvalue weighted by molar-refractivity contribution is 5.94. The highest BCUT2D eigenvalue weighted by atomic mass is 16.5. The molecule has 6 nitrogen and oxygen atoms in total. The van der Waals surface area contributed by atoms with E-state index in [1.807, 2.05) is 0 Å². The van der Waals surface area contributed by atoms with Crippen LogP contribution in [0.2, 0.25) is 0 Å². The number of benzene rings is 1. The number of aliphatic hydroxyl groups is 1. The Morgan fingerprint density at radius 2 is 2.20 bits per heavy atom. The van der Waals surface area contributed by atoms with E-state index in [1.165, 1.54) is 6.08 Å². The second kappa shape index (κ2) is 7.96. The predicted molar refractivity (Wildman–Crippen MR) is 73.3 cm³/mol. The van der Waals surface area contributed by atoms with Crippen LogP contribution in [0, 0.1) is 0 Å². The molecule has 3 N–H and O–H groups in total. The third-order valence-electron chi connectivity index (χ3n) is 2.55. The number of aliphatic carboxylic acids is 1. The first kappa shape index (κ1) is 15.7. The third kappa shape index (κ3) is 5.11. The Labute approximate surface area is 116 Å². The van der Waals surface area contributed by atoms with Gasteiger partial charge < -0.3 is 20.3 Å². The summed E-state index contributed by atoms with van der Waals surface area (Å²) in [6.45, 7) is -0.309. The summed E-state index contributed by atoms with van der Waals surface area (Å²) >= 11 is 0. The summed E-state index contributed by atoms with van der Waals surface area (Å²) in [4.78, 5) is 22.4. The van der Waals surface area contributed by atoms with E-state index >= 15 is 0 Å². The van der Waals surface area contributed by atoms with Gasteiger partial charge in [0, 0.05) is 19.1 Å². The lowest BCUT2D eigenvalue weighted by atomic mass is 10.2. The molecule has 0 aliphatic carbocycles. The number of hydrogen-bond donors (Lipinski definition) is 3. The zero-order chi connectivity index (χ0) is 15.0. The number of carbonyl (C=O) groups is 2. The summed E-state index contributed by atoms with van der Waals surface area (Å²) in [5.74, 6) is -1.05. The highest BCUT2D eigenvalue weighted by Crippen LogP contribution is 2.13. The average Bonchev–Trinajstić information content (AvgIpc) is 2.44. The Hall–Kier alpha value is -2.34. The fraction of sp³-hybridized carbons (Fsp3) is 0.286. The van der Waals surface area contributed by atoms with Gasteiger partial charge in [-0.25, -0.2) is 4.79 Å². The molecule has 1 amide bonds. The minimum Gasteiger partial charge on any atom is -0.497 e. The van der Waals surface area contributed by atoms with Crippen LogP contribution in [0.15, 0.2) is 30.3 Å². The molecule has 108 valence electrons. The summed E-state index contributed by atoms with van der Waals surface area (Å²) in [5.41, 5.74) is 0.758. The van der Waals surface area contributed by atoms with Gasteiger partial charge >= 0.3 is 5.97 Å². The molecule has 20 heavy (non-hydrogen) atoms. The van der Waals surface area contributed by atoms with E-state index in [0.717, 1.165) is 5.56 Å². The minimum atomic E-state index is -1.18. The van der Waals surface area contributed by atoms with Crippen molar-refractivity contribution >= 4 is 18.0 Å². The van der Waals surface area contributed by atoms with Crippen molar-refractivity contribution in [2.45, 2.75) is 12.5 Å². The van der Waals surface area contributed by atoms with Crippen molar-refractivity contribution in [2.75, 3.05) is 13.7 Å². The van der Waals surface area contributed by atoms with Gasteiger partial charge in [-0.2, -0.15) is 0 Å². The summed E-state index contributed by atoms with van der Waals surface area (Å²) in [6, 6.07) is 5.99. The van der Waals surface area contributed by atoms with Crippen LogP contribution in [0.5, 0.6) is 5.75 Å². The summed E-state index contributed by atoms with van der Waals surface area (Å²) < 4.78 is 5.05. The number of nitrogens with one attached hydrogen (secondary N) is 1. The molecule has 1 rings (SSSR count). The Kier molecular flexibility index (Phi) is 6.25. The summed E-state index contributed by atoms with van der Waals surface area (Å²) in [6.07, 6.45) is 2.76. The maximum atomic E-state index is 11.6. The van der Waals surface area contributed by atoms with Crippen LogP contribution >= 0.6 is 0 Å². The number of aliphatic hydroxyl groups excluding tert-OH is 1. The van der Waals surface area contributed by atoms with Crippen LogP contribution in [-0.2, 0) is 9.59 Å². The molecule has 0 fully saturated rings. The first-order valence-corrected chi connectivity index (χ1v) is 6.03. The Bertz CT molecular complexity index is 498. The lowest BCUT2D eigenvalue weighted by Crippen LogP contribution is -2.40. The number of amides is 1. The molecule has 0 saturated heterocycles. The number of carboxylic acid groups (broad SMARTS) is 1. The Morgan fingerprint density at radius 3 is 2.80 bits per heavy atom. The summed E-state index contributed by atoms with van der Waals surface area (Å²) in [5, 5.41) is 19.9. The van der Waals surface area contributed by atoms with Gasteiger partial charge in [-0.1, -0.05) is 12.1 Å². The molecule has 1 aromatic rings. The number of carboxylic acids is 1. The largest absolute Gasteiger partial charge is 0.497 e. The molecule has 0 aliphatic rings. The highest BCUT2D eigenvalue weighted by Gasteiger charge is 2.17. The van der Waals surface area contributed by atoms with Crippen molar-refractivity contribution in [1.82, 2.24) is 5.32 Å². The molecule has 1 atom stereocenters. The molecule has 0 aliphatic heterocycles. The van der Waals surface area contributed by atoms with Crippen LogP contribution in [-0.4, -0.2) is 41.8 Å². The van der Waals surface area contributed by atoms with Crippen LogP contribution in [0.4, 0.5) is 0 Å². The van der Waals surface area contributed by atoms with Gasteiger partial charge in [0.05, 0.1) is 7.11 Å². The molecule has 0 bridgehead atoms. The van der Waals surface area contributed by atoms with E-state index in [4.69, 9.17) is 14.9 Å². The standard InChI is InChI=1S/C14H17NO5/c1-20-11-4-2-3-10(9-11)5-6-13(17)15-12(7-8-16)14(18)19/h2-6,9,12,16H,7-8H2,1H3,(H,15,17)(H,18,19)/b6-5+/t12-/m0/s1. The fourth-order valence-corrected chi connectivity index (χ4v) is 1.52. The maximum Gasteiger partial charge on any atom is 0.326 e. The smallest absolute Gasteiger partial charge is 0.326 e. The van der Waals surface area contributed by atoms with E-state index in [-0.39, 0.29) is 13.0 Å². The zero-order valence-electron chi connectivity index (χ0n) is 11.1. The van der Waals surface area contributed by atoms with E-state index in [1.54, 1.807) is 37.5 Å². The topological polar surface area (TPSA) is 95.9 Å². The molecule has 0 spiro atoms. The molecule has 1 aromatic carbocycles. The number of carbonyl (C=O) groups excluding carboxylic acids is 1. The van der Waals surface area contributed by atoms with Crippen molar-refractivity contribution in [3.63, 3.8) is 0 Å². The van der Waals surface area contributed by atoms with Gasteiger partial charge in [-0.3, -0.25) is 4.79 Å². The van der Waals surface area contributed by atoms with Crippen molar-refractivity contribution in [3.05, 3.63) is 35.9 Å². The van der Waals surface area contributed by atoms with Crippen molar-refractivity contribution < 1.29 is 24.5 Å². The third-order valence-corrected chi connectivity index (χ3v) is 2.55. The van der Waals surface area contributed by atoms with Gasteiger partial charge in [-0.15, -0.1) is 0 Å².